The van der Waals surface area contributed by atoms with Gasteiger partial charge in [0, 0.05) is 16.4 Å². The van der Waals surface area contributed by atoms with Crippen LogP contribution in [0.2, 0.25) is 0 Å². The number of ether oxygens (including phenoxy) is 2. The van der Waals surface area contributed by atoms with Gasteiger partial charge in [-0.1, -0.05) is 20.8 Å². The van der Waals surface area contributed by atoms with E-state index < -0.39 is 10.8 Å². The Morgan fingerprint density at radius 2 is 1.83 bits per heavy atom. The van der Waals surface area contributed by atoms with Crippen molar-refractivity contribution in [3.8, 4) is 11.5 Å². The second-order valence-electron chi connectivity index (χ2n) is 6.27. The molecule has 0 saturated heterocycles. The first-order chi connectivity index (χ1) is 10.8. The van der Waals surface area contributed by atoms with Gasteiger partial charge in [0.1, 0.15) is 11.0 Å². The summed E-state index contributed by atoms with van der Waals surface area (Å²) < 4.78 is 29.0. The fourth-order valence-electron chi connectivity index (χ4n) is 2.06. The van der Waals surface area contributed by atoms with Crippen molar-refractivity contribution in [3.63, 3.8) is 0 Å². The molecule has 0 aliphatic heterocycles. The number of hydrogen-bond donors (Lipinski definition) is 0. The summed E-state index contributed by atoms with van der Waals surface area (Å²) in [7, 11) is 1.81. The zero-order valence-electron chi connectivity index (χ0n) is 14.4. The topological polar surface area (TPSA) is 61.6 Å². The Bertz CT molecular complexity index is 703. The summed E-state index contributed by atoms with van der Waals surface area (Å²) >= 11 is 0. The van der Waals surface area contributed by atoms with E-state index >= 15 is 0 Å². The van der Waals surface area contributed by atoms with E-state index in [1.54, 1.807) is 38.6 Å². The molecule has 1 heterocycles. The fourth-order valence-corrected chi connectivity index (χ4v) is 3.19. The Labute approximate surface area is 139 Å². The molecule has 0 amide bonds. The summed E-state index contributed by atoms with van der Waals surface area (Å²) in [5, 5.41) is -0.357. The van der Waals surface area contributed by atoms with Crippen LogP contribution in [-0.2, 0) is 16.2 Å². The number of benzene rings is 1. The third-order valence-electron chi connectivity index (χ3n) is 3.52. The van der Waals surface area contributed by atoms with Crippen LogP contribution in [0.15, 0.2) is 33.7 Å². The zero-order chi connectivity index (χ0) is 17.2. The van der Waals surface area contributed by atoms with Gasteiger partial charge in [0.2, 0.25) is 5.89 Å². The Hall–Kier alpha value is -1.82. The molecule has 0 fully saturated rings. The van der Waals surface area contributed by atoms with Crippen molar-refractivity contribution in [2.45, 2.75) is 43.3 Å². The average molecular weight is 337 g/mol. The second kappa shape index (κ2) is 6.74. The van der Waals surface area contributed by atoms with E-state index in [-0.39, 0.29) is 10.7 Å². The van der Waals surface area contributed by atoms with Crippen molar-refractivity contribution in [2.75, 3.05) is 14.2 Å². The van der Waals surface area contributed by atoms with Crippen LogP contribution >= 0.6 is 0 Å². The monoisotopic (exact) mass is 337 g/mol. The standard InChI is InChI=1S/C17H23NO4S/c1-11(16-18-10-15(22-16)17(2,3)4)23(19)12-7-8-13(20-5)14(9-12)21-6/h7-11H,1-6H3/t11-,23-/m0/s1. The highest BCUT2D eigenvalue weighted by Crippen LogP contribution is 2.33. The highest BCUT2D eigenvalue weighted by molar-refractivity contribution is 7.85. The van der Waals surface area contributed by atoms with Gasteiger partial charge in [-0.3, -0.25) is 4.21 Å². The van der Waals surface area contributed by atoms with Crippen LogP contribution in [0.4, 0.5) is 0 Å². The maximum Gasteiger partial charge on any atom is 0.210 e. The Balaban J connectivity index is 2.27. The number of oxazole rings is 1. The second-order valence-corrected chi connectivity index (χ2v) is 8.04. The van der Waals surface area contributed by atoms with E-state index in [0.29, 0.717) is 22.3 Å². The summed E-state index contributed by atoms with van der Waals surface area (Å²) in [5.41, 5.74) is -0.129. The van der Waals surface area contributed by atoms with E-state index in [9.17, 15) is 4.21 Å². The molecule has 6 heteroatoms. The molecule has 0 bridgehead atoms. The van der Waals surface area contributed by atoms with E-state index in [2.05, 4.69) is 4.98 Å². The third kappa shape index (κ3) is 3.75. The van der Waals surface area contributed by atoms with Crippen molar-refractivity contribution >= 4 is 10.8 Å². The molecule has 2 rings (SSSR count). The molecule has 23 heavy (non-hydrogen) atoms. The Kier molecular flexibility index (Phi) is 5.14. The van der Waals surface area contributed by atoms with Crippen molar-refractivity contribution in [3.05, 3.63) is 36.0 Å². The molecule has 0 N–H and O–H groups in total. The molecule has 0 radical (unpaired) electrons. The van der Waals surface area contributed by atoms with Gasteiger partial charge in [-0.15, -0.1) is 0 Å². The lowest BCUT2D eigenvalue weighted by Crippen LogP contribution is -2.09. The summed E-state index contributed by atoms with van der Waals surface area (Å²) in [5.74, 6) is 2.41. The summed E-state index contributed by atoms with van der Waals surface area (Å²) in [6.45, 7) is 7.98. The third-order valence-corrected chi connectivity index (χ3v) is 5.08. The van der Waals surface area contributed by atoms with E-state index in [1.165, 1.54) is 0 Å². The van der Waals surface area contributed by atoms with Crippen molar-refractivity contribution in [2.24, 2.45) is 0 Å². The molecule has 0 aliphatic carbocycles. The van der Waals surface area contributed by atoms with Crippen LogP contribution in [0.3, 0.4) is 0 Å². The van der Waals surface area contributed by atoms with Gasteiger partial charge in [-0.2, -0.15) is 0 Å². The van der Waals surface area contributed by atoms with Crippen LogP contribution in [0.1, 0.15) is 44.6 Å². The number of nitrogens with zero attached hydrogens (tertiary/aromatic N) is 1. The number of methoxy groups -OCH3 is 2. The molecule has 0 unspecified atom stereocenters. The predicted octanol–water partition coefficient (Wildman–Crippen LogP) is 3.86. The van der Waals surface area contributed by atoms with Crippen LogP contribution in [0, 0.1) is 0 Å². The SMILES string of the molecule is COc1ccc([S@@](=O)[C@@H](C)c2ncc(C(C)(C)C)o2)cc1OC. The van der Waals surface area contributed by atoms with Gasteiger partial charge in [0.05, 0.1) is 31.2 Å². The number of hydrogen-bond acceptors (Lipinski definition) is 5. The van der Waals surface area contributed by atoms with Gasteiger partial charge in [-0.25, -0.2) is 4.98 Å². The highest BCUT2D eigenvalue weighted by Gasteiger charge is 2.25. The molecule has 0 saturated carbocycles. The van der Waals surface area contributed by atoms with Crippen molar-refractivity contribution in [1.29, 1.82) is 0 Å². The van der Waals surface area contributed by atoms with E-state index in [0.717, 1.165) is 5.76 Å². The average Bonchev–Trinajstić information content (AvgIpc) is 3.02. The lowest BCUT2D eigenvalue weighted by molar-refractivity contribution is 0.354. The summed E-state index contributed by atoms with van der Waals surface area (Å²) in [6.07, 6.45) is 1.71. The summed E-state index contributed by atoms with van der Waals surface area (Å²) in [6, 6.07) is 5.23. The minimum Gasteiger partial charge on any atom is -0.493 e. The molecular formula is C17H23NO4S. The normalized spacial score (nSPS) is 14.3. The van der Waals surface area contributed by atoms with E-state index in [4.69, 9.17) is 13.9 Å². The van der Waals surface area contributed by atoms with Gasteiger partial charge in [-0.05, 0) is 19.1 Å². The van der Waals surface area contributed by atoms with Crippen molar-refractivity contribution in [1.82, 2.24) is 4.98 Å². The van der Waals surface area contributed by atoms with Gasteiger partial charge in [0.25, 0.3) is 0 Å². The Morgan fingerprint density at radius 3 is 2.35 bits per heavy atom. The van der Waals surface area contributed by atoms with Crippen LogP contribution < -0.4 is 9.47 Å². The molecule has 5 nitrogen and oxygen atoms in total. The molecule has 2 aromatic rings. The molecule has 2 atom stereocenters. The number of aromatic nitrogens is 1. The van der Waals surface area contributed by atoms with E-state index in [1.807, 2.05) is 27.7 Å². The maximum atomic E-state index is 12.8. The minimum absolute atomic E-state index is 0.129. The Morgan fingerprint density at radius 1 is 1.17 bits per heavy atom. The van der Waals surface area contributed by atoms with Gasteiger partial charge in [0.15, 0.2) is 11.5 Å². The van der Waals surface area contributed by atoms with Gasteiger partial charge < -0.3 is 13.9 Å². The first kappa shape index (κ1) is 17.5. The van der Waals surface area contributed by atoms with Crippen LogP contribution in [-0.4, -0.2) is 23.4 Å². The minimum atomic E-state index is -1.31. The first-order valence-electron chi connectivity index (χ1n) is 7.36. The number of rotatable bonds is 5. The fraction of sp³-hybridized carbons (Fsp3) is 0.471. The lowest BCUT2D eigenvalue weighted by atomic mass is 9.94. The van der Waals surface area contributed by atoms with Crippen LogP contribution in [0.25, 0.3) is 0 Å². The zero-order valence-corrected chi connectivity index (χ0v) is 15.2. The lowest BCUT2D eigenvalue weighted by Gasteiger charge is -2.14. The molecule has 0 aliphatic rings. The highest BCUT2D eigenvalue weighted by atomic mass is 32.2. The van der Waals surface area contributed by atoms with Crippen molar-refractivity contribution < 1.29 is 18.1 Å². The molecular weight excluding hydrogens is 314 g/mol. The van der Waals surface area contributed by atoms with Gasteiger partial charge >= 0.3 is 0 Å². The first-order valence-corrected chi connectivity index (χ1v) is 8.58. The quantitative estimate of drug-likeness (QED) is 0.829. The largest absolute Gasteiger partial charge is 0.493 e. The molecule has 1 aromatic heterocycles. The van der Waals surface area contributed by atoms with Crippen LogP contribution in [0.5, 0.6) is 11.5 Å². The maximum absolute atomic E-state index is 12.8. The molecule has 126 valence electrons. The molecule has 0 spiro atoms. The predicted molar refractivity (Wildman–Crippen MR) is 89.6 cm³/mol. The molecule has 1 aromatic carbocycles. The smallest absolute Gasteiger partial charge is 0.210 e. The summed E-state index contributed by atoms with van der Waals surface area (Å²) in [4.78, 5) is 4.93.